The van der Waals surface area contributed by atoms with Gasteiger partial charge in [-0.3, -0.25) is 14.6 Å². The van der Waals surface area contributed by atoms with E-state index in [4.69, 9.17) is 4.74 Å². The van der Waals surface area contributed by atoms with Crippen molar-refractivity contribution in [3.05, 3.63) is 47.5 Å². The number of likely N-dealkylation sites (tertiary alicyclic amines) is 1. The van der Waals surface area contributed by atoms with Crippen molar-refractivity contribution in [2.75, 3.05) is 19.8 Å². The van der Waals surface area contributed by atoms with Crippen molar-refractivity contribution in [2.45, 2.75) is 44.3 Å². The quantitative estimate of drug-likeness (QED) is 0.887. The van der Waals surface area contributed by atoms with Crippen LogP contribution in [0.4, 0.5) is 0 Å². The Balaban J connectivity index is 1.56. The molecule has 0 spiro atoms. The molecule has 0 saturated carbocycles. The van der Waals surface area contributed by atoms with E-state index in [1.54, 1.807) is 0 Å². The Morgan fingerprint density at radius 2 is 2.12 bits per heavy atom. The molecule has 1 unspecified atom stereocenters. The number of hydrogen-bond acceptors (Lipinski definition) is 5. The zero-order valence-corrected chi connectivity index (χ0v) is 14.8. The molecule has 0 aliphatic carbocycles. The SMILES string of the molecule is O=C(O)c1nn(C2CCOCC2)cc1CN1CCCC1c1ccccn1. The normalized spacial score (nSPS) is 21.9. The first-order chi connectivity index (χ1) is 12.7. The maximum Gasteiger partial charge on any atom is 0.356 e. The third-order valence-corrected chi connectivity index (χ3v) is 5.34. The lowest BCUT2D eigenvalue weighted by molar-refractivity contribution is 0.0645. The predicted octanol–water partition coefficient (Wildman–Crippen LogP) is 2.66. The average molecular weight is 356 g/mol. The summed E-state index contributed by atoms with van der Waals surface area (Å²) in [5.41, 5.74) is 2.01. The van der Waals surface area contributed by atoms with Gasteiger partial charge in [0.1, 0.15) is 0 Å². The van der Waals surface area contributed by atoms with Gasteiger partial charge in [0.2, 0.25) is 0 Å². The van der Waals surface area contributed by atoms with E-state index in [9.17, 15) is 9.90 Å². The number of pyridine rings is 1. The highest BCUT2D eigenvalue weighted by Gasteiger charge is 2.30. The monoisotopic (exact) mass is 356 g/mol. The van der Waals surface area contributed by atoms with Crippen molar-refractivity contribution in [2.24, 2.45) is 0 Å². The minimum atomic E-state index is -0.959. The van der Waals surface area contributed by atoms with E-state index >= 15 is 0 Å². The van der Waals surface area contributed by atoms with Crippen LogP contribution in [-0.2, 0) is 11.3 Å². The van der Waals surface area contributed by atoms with Crippen LogP contribution in [0.15, 0.2) is 30.6 Å². The van der Waals surface area contributed by atoms with Crippen molar-refractivity contribution >= 4 is 5.97 Å². The summed E-state index contributed by atoms with van der Waals surface area (Å²) in [7, 11) is 0. The minimum Gasteiger partial charge on any atom is -0.476 e. The summed E-state index contributed by atoms with van der Waals surface area (Å²) in [6.45, 7) is 2.95. The number of ether oxygens (including phenoxy) is 1. The Kier molecular flexibility index (Phi) is 4.99. The number of carbonyl (C=O) groups is 1. The number of aromatic carboxylic acids is 1. The fourth-order valence-electron chi connectivity index (χ4n) is 4.00. The maximum absolute atomic E-state index is 11.7. The Bertz CT molecular complexity index is 755. The van der Waals surface area contributed by atoms with Gasteiger partial charge < -0.3 is 9.84 Å². The third-order valence-electron chi connectivity index (χ3n) is 5.34. The summed E-state index contributed by atoms with van der Waals surface area (Å²) >= 11 is 0. The molecular formula is C19H24N4O3. The fourth-order valence-corrected chi connectivity index (χ4v) is 4.00. The topological polar surface area (TPSA) is 80.5 Å². The Labute approximate surface area is 152 Å². The zero-order valence-electron chi connectivity index (χ0n) is 14.8. The number of nitrogens with zero attached hydrogens (tertiary/aromatic N) is 4. The van der Waals surface area contributed by atoms with Crippen LogP contribution < -0.4 is 0 Å². The van der Waals surface area contributed by atoms with Gasteiger partial charge in [-0.05, 0) is 44.4 Å². The molecule has 4 heterocycles. The van der Waals surface area contributed by atoms with E-state index in [-0.39, 0.29) is 17.8 Å². The molecule has 0 bridgehead atoms. The number of aromatic nitrogens is 3. The minimum absolute atomic E-state index is 0.170. The van der Waals surface area contributed by atoms with Crippen LogP contribution in [0, 0.1) is 0 Å². The van der Waals surface area contributed by atoms with E-state index < -0.39 is 5.97 Å². The molecule has 0 radical (unpaired) electrons. The second-order valence-corrected chi connectivity index (χ2v) is 7.01. The third kappa shape index (κ3) is 3.50. The first-order valence-electron chi connectivity index (χ1n) is 9.26. The summed E-state index contributed by atoms with van der Waals surface area (Å²) in [5, 5.41) is 14.0. The van der Waals surface area contributed by atoms with Crippen LogP contribution in [0.5, 0.6) is 0 Å². The van der Waals surface area contributed by atoms with Crippen LogP contribution in [0.3, 0.4) is 0 Å². The molecule has 0 amide bonds. The number of hydrogen-bond donors (Lipinski definition) is 1. The lowest BCUT2D eigenvalue weighted by atomic mass is 10.1. The van der Waals surface area contributed by atoms with Crippen LogP contribution in [0.1, 0.15) is 59.5 Å². The molecule has 4 rings (SSSR count). The molecule has 1 atom stereocenters. The summed E-state index contributed by atoms with van der Waals surface area (Å²) in [6, 6.07) is 6.44. The van der Waals surface area contributed by atoms with Gasteiger partial charge in [0.25, 0.3) is 0 Å². The van der Waals surface area contributed by atoms with E-state index in [0.717, 1.165) is 43.5 Å². The molecule has 2 saturated heterocycles. The van der Waals surface area contributed by atoms with Crippen molar-refractivity contribution < 1.29 is 14.6 Å². The molecule has 0 aromatic carbocycles. The standard InChI is InChI=1S/C19H24N4O3/c24-19(25)18-14(13-23(21-18)15-6-10-26-11-7-15)12-22-9-3-5-17(22)16-4-1-2-8-20-16/h1-2,4,8,13,15,17H,3,5-7,9-12H2,(H,24,25). The smallest absolute Gasteiger partial charge is 0.356 e. The highest BCUT2D eigenvalue weighted by molar-refractivity contribution is 5.86. The van der Waals surface area contributed by atoms with E-state index in [0.29, 0.717) is 19.8 Å². The molecule has 26 heavy (non-hydrogen) atoms. The van der Waals surface area contributed by atoms with Gasteiger partial charge in [-0.25, -0.2) is 4.79 Å². The van der Waals surface area contributed by atoms with Crippen molar-refractivity contribution in [3.63, 3.8) is 0 Å². The predicted molar refractivity (Wildman–Crippen MR) is 94.9 cm³/mol. The highest BCUT2D eigenvalue weighted by atomic mass is 16.5. The van der Waals surface area contributed by atoms with Gasteiger partial charge in [0, 0.05) is 37.7 Å². The first-order valence-corrected chi connectivity index (χ1v) is 9.26. The van der Waals surface area contributed by atoms with Gasteiger partial charge in [-0.1, -0.05) is 6.07 Å². The lowest BCUT2D eigenvalue weighted by Crippen LogP contribution is -2.24. The van der Waals surface area contributed by atoms with Gasteiger partial charge in [-0.15, -0.1) is 0 Å². The van der Waals surface area contributed by atoms with Crippen molar-refractivity contribution in [3.8, 4) is 0 Å². The van der Waals surface area contributed by atoms with Crippen LogP contribution >= 0.6 is 0 Å². The molecule has 1 N–H and O–H groups in total. The van der Waals surface area contributed by atoms with Crippen LogP contribution in [0.2, 0.25) is 0 Å². The van der Waals surface area contributed by atoms with Crippen LogP contribution in [0.25, 0.3) is 0 Å². The molecule has 2 fully saturated rings. The molecule has 2 aromatic heterocycles. The zero-order chi connectivity index (χ0) is 17.9. The van der Waals surface area contributed by atoms with E-state index in [2.05, 4.69) is 15.0 Å². The van der Waals surface area contributed by atoms with Crippen LogP contribution in [-0.4, -0.2) is 50.5 Å². The van der Waals surface area contributed by atoms with E-state index in [1.165, 1.54) is 0 Å². The maximum atomic E-state index is 11.7. The molecular weight excluding hydrogens is 332 g/mol. The summed E-state index contributed by atoms with van der Waals surface area (Å²) < 4.78 is 7.24. The van der Waals surface area contributed by atoms with E-state index in [1.807, 2.05) is 35.3 Å². The molecule has 7 heteroatoms. The average Bonchev–Trinajstić information content (AvgIpc) is 3.31. The first kappa shape index (κ1) is 17.2. The largest absolute Gasteiger partial charge is 0.476 e. The summed E-state index contributed by atoms with van der Waals surface area (Å²) in [6.07, 6.45) is 7.64. The van der Waals surface area contributed by atoms with Gasteiger partial charge >= 0.3 is 5.97 Å². The van der Waals surface area contributed by atoms with Crippen molar-refractivity contribution in [1.29, 1.82) is 0 Å². The molecule has 2 aliphatic rings. The summed E-state index contributed by atoms with van der Waals surface area (Å²) in [5.74, 6) is -0.959. The summed E-state index contributed by atoms with van der Waals surface area (Å²) in [4.78, 5) is 18.5. The van der Waals surface area contributed by atoms with Gasteiger partial charge in [-0.2, -0.15) is 5.10 Å². The lowest BCUT2D eigenvalue weighted by Gasteiger charge is -2.24. The fraction of sp³-hybridized carbons (Fsp3) is 0.526. The molecule has 7 nitrogen and oxygen atoms in total. The molecule has 2 aromatic rings. The van der Waals surface area contributed by atoms with Gasteiger partial charge in [0.05, 0.1) is 17.8 Å². The second-order valence-electron chi connectivity index (χ2n) is 7.01. The highest BCUT2D eigenvalue weighted by Crippen LogP contribution is 2.32. The Morgan fingerprint density at radius 1 is 1.27 bits per heavy atom. The number of carboxylic acids is 1. The van der Waals surface area contributed by atoms with Gasteiger partial charge in [0.15, 0.2) is 5.69 Å². The van der Waals surface area contributed by atoms with Crippen molar-refractivity contribution in [1.82, 2.24) is 19.7 Å². The number of carboxylic acid groups (broad SMARTS) is 1. The molecule has 138 valence electrons. The molecule has 2 aliphatic heterocycles. The Hall–Kier alpha value is -2.25. The second kappa shape index (κ2) is 7.55. The number of rotatable bonds is 5. The Morgan fingerprint density at radius 3 is 2.85 bits per heavy atom.